The number of hydrogen-bond donors (Lipinski definition) is 0. The molecular formula is C23H45N3O. The predicted molar refractivity (Wildman–Crippen MR) is 115 cm³/mol. The number of rotatable bonds is 6. The van der Waals surface area contributed by atoms with E-state index in [1.165, 1.54) is 45.4 Å². The van der Waals surface area contributed by atoms with Gasteiger partial charge in [-0.1, -0.05) is 41.5 Å². The van der Waals surface area contributed by atoms with Crippen LogP contribution >= 0.6 is 0 Å². The summed E-state index contributed by atoms with van der Waals surface area (Å²) in [6, 6.07) is 0. The molecule has 0 bridgehead atoms. The van der Waals surface area contributed by atoms with Crippen molar-refractivity contribution in [1.29, 1.82) is 0 Å². The largest absolute Gasteiger partial charge is 0.340 e. The van der Waals surface area contributed by atoms with E-state index in [0.29, 0.717) is 17.7 Å². The van der Waals surface area contributed by atoms with Crippen LogP contribution in [0.2, 0.25) is 0 Å². The Hall–Kier alpha value is -0.610. The van der Waals surface area contributed by atoms with Crippen molar-refractivity contribution in [3.8, 4) is 0 Å². The normalized spacial score (nSPS) is 21.6. The zero-order valence-electron chi connectivity index (χ0n) is 19.0. The maximum atomic E-state index is 12.4. The van der Waals surface area contributed by atoms with Crippen LogP contribution in [-0.2, 0) is 4.79 Å². The minimum Gasteiger partial charge on any atom is -0.340 e. The van der Waals surface area contributed by atoms with Gasteiger partial charge in [-0.25, -0.2) is 0 Å². The zero-order valence-corrected chi connectivity index (χ0v) is 19.0. The molecule has 2 rings (SSSR count). The molecule has 0 aliphatic carbocycles. The highest BCUT2D eigenvalue weighted by molar-refractivity contribution is 5.76. The lowest BCUT2D eigenvalue weighted by Gasteiger charge is -2.39. The quantitative estimate of drug-likeness (QED) is 0.695. The first-order chi connectivity index (χ1) is 12.5. The first-order valence-electron chi connectivity index (χ1n) is 11.2. The molecule has 2 aliphatic heterocycles. The van der Waals surface area contributed by atoms with Crippen LogP contribution in [0.5, 0.6) is 0 Å². The number of piperazine rings is 1. The van der Waals surface area contributed by atoms with Crippen molar-refractivity contribution in [2.24, 2.45) is 16.7 Å². The third kappa shape index (κ3) is 8.95. The number of carbonyl (C=O) groups is 1. The van der Waals surface area contributed by atoms with Crippen molar-refractivity contribution in [1.82, 2.24) is 14.7 Å². The zero-order chi connectivity index (χ0) is 20.1. The molecule has 0 radical (unpaired) electrons. The fraction of sp³-hybridized carbons (Fsp3) is 0.957. The summed E-state index contributed by atoms with van der Waals surface area (Å²) in [7, 11) is 0. The Labute approximate surface area is 168 Å². The van der Waals surface area contributed by atoms with Gasteiger partial charge in [0.15, 0.2) is 0 Å². The second-order valence-corrected chi connectivity index (χ2v) is 11.3. The standard InChI is InChI=1S/C23H45N3O/c1-22(2,3)10-7-21(27)26-17-15-25(16-18-26)19-20-8-12-24(13-9-20)14-11-23(4,5)6/h20H,7-19H2,1-6H3. The molecule has 158 valence electrons. The summed E-state index contributed by atoms with van der Waals surface area (Å²) in [5.41, 5.74) is 0.695. The van der Waals surface area contributed by atoms with E-state index in [1.807, 2.05) is 0 Å². The van der Waals surface area contributed by atoms with Crippen molar-refractivity contribution in [3.63, 3.8) is 0 Å². The summed E-state index contributed by atoms with van der Waals surface area (Å²) in [6.45, 7) is 22.7. The fourth-order valence-electron chi connectivity index (χ4n) is 4.07. The van der Waals surface area contributed by atoms with Gasteiger partial charge in [0.2, 0.25) is 5.91 Å². The summed E-state index contributed by atoms with van der Waals surface area (Å²) in [5, 5.41) is 0. The first kappa shape index (κ1) is 22.7. The van der Waals surface area contributed by atoms with Crippen LogP contribution in [0.15, 0.2) is 0 Å². The van der Waals surface area contributed by atoms with E-state index < -0.39 is 0 Å². The summed E-state index contributed by atoms with van der Waals surface area (Å²) in [6.07, 6.45) is 5.67. The summed E-state index contributed by atoms with van der Waals surface area (Å²) < 4.78 is 0. The lowest BCUT2D eigenvalue weighted by Crippen LogP contribution is -2.50. The molecule has 2 saturated heterocycles. The number of piperidine rings is 1. The topological polar surface area (TPSA) is 26.8 Å². The number of likely N-dealkylation sites (tertiary alicyclic amines) is 1. The third-order valence-corrected chi connectivity index (χ3v) is 6.22. The molecule has 1 amide bonds. The van der Waals surface area contributed by atoms with E-state index in [0.717, 1.165) is 38.5 Å². The van der Waals surface area contributed by atoms with Crippen molar-refractivity contribution < 1.29 is 4.79 Å². The fourth-order valence-corrected chi connectivity index (χ4v) is 4.07. The maximum absolute atomic E-state index is 12.4. The Morgan fingerprint density at radius 2 is 1.33 bits per heavy atom. The molecule has 0 saturated carbocycles. The molecular weight excluding hydrogens is 334 g/mol. The lowest BCUT2D eigenvalue weighted by molar-refractivity contribution is -0.133. The summed E-state index contributed by atoms with van der Waals surface area (Å²) in [4.78, 5) is 19.8. The summed E-state index contributed by atoms with van der Waals surface area (Å²) >= 11 is 0. The average Bonchev–Trinajstić information content (AvgIpc) is 2.58. The van der Waals surface area contributed by atoms with Gasteiger partial charge in [0.05, 0.1) is 0 Å². The molecule has 27 heavy (non-hydrogen) atoms. The SMILES string of the molecule is CC(C)(C)CCC(=O)N1CCN(CC2CCN(CCC(C)(C)C)CC2)CC1. The monoisotopic (exact) mass is 379 g/mol. The maximum Gasteiger partial charge on any atom is 0.222 e. The van der Waals surface area contributed by atoms with Gasteiger partial charge in [-0.2, -0.15) is 0 Å². The van der Waals surface area contributed by atoms with Gasteiger partial charge in [-0.15, -0.1) is 0 Å². The van der Waals surface area contributed by atoms with Crippen LogP contribution in [0.3, 0.4) is 0 Å². The van der Waals surface area contributed by atoms with Gasteiger partial charge in [-0.05, 0) is 62.1 Å². The molecule has 0 aromatic heterocycles. The molecule has 2 aliphatic rings. The minimum atomic E-state index is 0.249. The number of nitrogens with zero attached hydrogens (tertiary/aromatic N) is 3. The van der Waals surface area contributed by atoms with E-state index >= 15 is 0 Å². The van der Waals surface area contributed by atoms with Crippen LogP contribution in [0.4, 0.5) is 0 Å². The first-order valence-corrected chi connectivity index (χ1v) is 11.2. The average molecular weight is 380 g/mol. The highest BCUT2D eigenvalue weighted by atomic mass is 16.2. The van der Waals surface area contributed by atoms with Gasteiger partial charge in [-0.3, -0.25) is 9.69 Å². The molecule has 0 unspecified atom stereocenters. The molecule has 0 aromatic rings. The van der Waals surface area contributed by atoms with Gasteiger partial charge in [0.1, 0.15) is 0 Å². The van der Waals surface area contributed by atoms with Crippen molar-refractivity contribution >= 4 is 5.91 Å². The summed E-state index contributed by atoms with van der Waals surface area (Å²) in [5.74, 6) is 1.20. The highest BCUT2D eigenvalue weighted by Crippen LogP contribution is 2.24. The number of carbonyl (C=O) groups excluding carboxylic acids is 1. The Morgan fingerprint density at radius 3 is 1.85 bits per heavy atom. The molecule has 4 heteroatoms. The molecule has 0 N–H and O–H groups in total. The molecule has 0 aromatic carbocycles. The van der Waals surface area contributed by atoms with E-state index in [9.17, 15) is 4.79 Å². The number of amides is 1. The predicted octanol–water partition coefficient (Wildman–Crippen LogP) is 4.11. The van der Waals surface area contributed by atoms with E-state index in [4.69, 9.17) is 0 Å². The van der Waals surface area contributed by atoms with E-state index in [-0.39, 0.29) is 5.41 Å². The Balaban J connectivity index is 1.62. The Bertz CT molecular complexity index is 447. The second kappa shape index (κ2) is 9.73. The van der Waals surface area contributed by atoms with Crippen LogP contribution in [0, 0.1) is 16.7 Å². The van der Waals surface area contributed by atoms with Gasteiger partial charge < -0.3 is 9.80 Å². The van der Waals surface area contributed by atoms with Crippen LogP contribution in [-0.4, -0.2) is 73.0 Å². The Morgan fingerprint density at radius 1 is 0.778 bits per heavy atom. The van der Waals surface area contributed by atoms with Crippen LogP contribution < -0.4 is 0 Å². The van der Waals surface area contributed by atoms with Crippen molar-refractivity contribution in [2.75, 3.05) is 52.4 Å². The van der Waals surface area contributed by atoms with Gasteiger partial charge >= 0.3 is 0 Å². The molecule has 0 atom stereocenters. The van der Waals surface area contributed by atoms with Crippen LogP contribution in [0.1, 0.15) is 73.6 Å². The lowest BCUT2D eigenvalue weighted by atomic mass is 9.90. The van der Waals surface area contributed by atoms with Crippen LogP contribution in [0.25, 0.3) is 0 Å². The number of hydrogen-bond acceptors (Lipinski definition) is 3. The second-order valence-electron chi connectivity index (χ2n) is 11.3. The Kier molecular flexibility index (Phi) is 8.18. The smallest absolute Gasteiger partial charge is 0.222 e. The molecule has 0 spiro atoms. The minimum absolute atomic E-state index is 0.249. The van der Waals surface area contributed by atoms with E-state index in [2.05, 4.69) is 56.2 Å². The third-order valence-electron chi connectivity index (χ3n) is 6.22. The van der Waals surface area contributed by atoms with E-state index in [1.54, 1.807) is 0 Å². The molecule has 2 fully saturated rings. The highest BCUT2D eigenvalue weighted by Gasteiger charge is 2.26. The van der Waals surface area contributed by atoms with Gasteiger partial charge in [0.25, 0.3) is 0 Å². The van der Waals surface area contributed by atoms with Crippen molar-refractivity contribution in [2.45, 2.75) is 73.6 Å². The molecule has 2 heterocycles. The van der Waals surface area contributed by atoms with Crippen molar-refractivity contribution in [3.05, 3.63) is 0 Å². The molecule has 4 nitrogen and oxygen atoms in total. The van der Waals surface area contributed by atoms with Gasteiger partial charge in [0, 0.05) is 39.1 Å².